The molecular weight excluding hydrogens is 188 g/mol. The minimum absolute atomic E-state index is 0.717. The molecule has 3 nitrogen and oxygen atoms in total. The lowest BCUT2D eigenvalue weighted by Gasteiger charge is -2.36. The van der Waals surface area contributed by atoms with Gasteiger partial charge in [0, 0.05) is 19.6 Å². The van der Waals surface area contributed by atoms with Crippen molar-refractivity contribution in [3.05, 3.63) is 24.3 Å². The number of nitrogens with zero attached hydrogens (tertiary/aromatic N) is 1. The Kier molecular flexibility index (Phi) is 3.11. The van der Waals surface area contributed by atoms with E-state index in [0.29, 0.717) is 0 Å². The molecule has 0 saturated carbocycles. The van der Waals surface area contributed by atoms with Crippen LogP contribution in [0.4, 0.5) is 5.69 Å². The lowest BCUT2D eigenvalue weighted by molar-refractivity contribution is 0.0933. The molecule has 0 aromatic heterocycles. The molecule has 1 fully saturated rings. The third-order valence-corrected chi connectivity index (χ3v) is 2.72. The maximum atomic E-state index is 5.77. The van der Waals surface area contributed by atoms with E-state index in [-0.39, 0.29) is 0 Å². The first kappa shape index (κ1) is 10.3. The summed E-state index contributed by atoms with van der Waals surface area (Å²) in [5.41, 5.74) is 6.48. The van der Waals surface area contributed by atoms with E-state index in [4.69, 9.17) is 10.5 Å². The van der Waals surface area contributed by atoms with Crippen LogP contribution >= 0.6 is 0 Å². The van der Waals surface area contributed by atoms with Crippen LogP contribution < -0.4 is 10.5 Å². The minimum Gasteiger partial charge on any atom is -0.490 e. The molecule has 82 valence electrons. The normalized spacial score (nSPS) is 17.4. The number of para-hydroxylation sites is 2. The molecule has 1 aliphatic rings. The van der Waals surface area contributed by atoms with E-state index in [0.717, 1.165) is 30.5 Å². The molecule has 0 amide bonds. The number of hydrogen-bond donors (Lipinski definition) is 1. The SMILES string of the molecule is CC1CN(CCOc2ccccc2N)C1. The summed E-state index contributed by atoms with van der Waals surface area (Å²) in [6.45, 7) is 6.40. The van der Waals surface area contributed by atoms with Crippen molar-refractivity contribution in [1.82, 2.24) is 4.90 Å². The monoisotopic (exact) mass is 206 g/mol. The van der Waals surface area contributed by atoms with Crippen LogP contribution in [0.1, 0.15) is 6.92 Å². The van der Waals surface area contributed by atoms with Gasteiger partial charge in [0.05, 0.1) is 5.69 Å². The number of anilines is 1. The molecular formula is C12H18N2O. The Morgan fingerprint density at radius 3 is 2.80 bits per heavy atom. The van der Waals surface area contributed by atoms with Gasteiger partial charge >= 0.3 is 0 Å². The molecule has 1 heterocycles. The Hall–Kier alpha value is -1.22. The minimum atomic E-state index is 0.717. The first-order valence-electron chi connectivity index (χ1n) is 5.45. The Bertz CT molecular complexity index is 321. The molecule has 2 rings (SSSR count). The number of hydrogen-bond acceptors (Lipinski definition) is 3. The molecule has 1 aromatic rings. The van der Waals surface area contributed by atoms with Crippen molar-refractivity contribution in [2.75, 3.05) is 32.0 Å². The molecule has 0 aliphatic carbocycles. The Labute approximate surface area is 90.8 Å². The largest absolute Gasteiger partial charge is 0.490 e. The lowest BCUT2D eigenvalue weighted by atomic mass is 10.0. The third-order valence-electron chi connectivity index (χ3n) is 2.72. The lowest BCUT2D eigenvalue weighted by Crippen LogP contribution is -2.46. The zero-order chi connectivity index (χ0) is 10.7. The van der Waals surface area contributed by atoms with Gasteiger partial charge in [0.25, 0.3) is 0 Å². The molecule has 1 aromatic carbocycles. The van der Waals surface area contributed by atoms with Crippen LogP contribution in [0.5, 0.6) is 5.75 Å². The van der Waals surface area contributed by atoms with Crippen molar-refractivity contribution in [3.63, 3.8) is 0 Å². The number of likely N-dealkylation sites (tertiary alicyclic amines) is 1. The second kappa shape index (κ2) is 4.53. The summed E-state index contributed by atoms with van der Waals surface area (Å²) in [5, 5.41) is 0. The van der Waals surface area contributed by atoms with E-state index in [1.54, 1.807) is 0 Å². The molecule has 1 aliphatic heterocycles. The Morgan fingerprint density at radius 2 is 2.13 bits per heavy atom. The number of ether oxygens (including phenoxy) is 1. The van der Waals surface area contributed by atoms with Crippen molar-refractivity contribution in [1.29, 1.82) is 0 Å². The highest BCUT2D eigenvalue weighted by molar-refractivity contribution is 5.51. The highest BCUT2D eigenvalue weighted by atomic mass is 16.5. The van der Waals surface area contributed by atoms with Gasteiger partial charge in [-0.15, -0.1) is 0 Å². The first-order valence-corrected chi connectivity index (χ1v) is 5.45. The van der Waals surface area contributed by atoms with Crippen molar-refractivity contribution in [3.8, 4) is 5.75 Å². The van der Waals surface area contributed by atoms with Gasteiger partial charge in [0.1, 0.15) is 12.4 Å². The van der Waals surface area contributed by atoms with Gasteiger partial charge in [-0.05, 0) is 18.1 Å². The van der Waals surface area contributed by atoms with E-state index >= 15 is 0 Å². The summed E-state index contributed by atoms with van der Waals surface area (Å²) in [4.78, 5) is 2.39. The topological polar surface area (TPSA) is 38.5 Å². The van der Waals surface area contributed by atoms with Crippen molar-refractivity contribution >= 4 is 5.69 Å². The smallest absolute Gasteiger partial charge is 0.142 e. The van der Waals surface area contributed by atoms with Crippen molar-refractivity contribution in [2.45, 2.75) is 6.92 Å². The maximum Gasteiger partial charge on any atom is 0.142 e. The third kappa shape index (κ3) is 2.63. The molecule has 15 heavy (non-hydrogen) atoms. The summed E-state index contributed by atoms with van der Waals surface area (Å²) in [6, 6.07) is 7.63. The van der Waals surface area contributed by atoms with Crippen LogP contribution in [0.15, 0.2) is 24.3 Å². The summed E-state index contributed by atoms with van der Waals surface area (Å²) in [5.74, 6) is 1.65. The highest BCUT2D eigenvalue weighted by Crippen LogP contribution is 2.20. The number of nitrogens with two attached hydrogens (primary N) is 1. The van der Waals surface area contributed by atoms with E-state index < -0.39 is 0 Å². The molecule has 0 radical (unpaired) electrons. The van der Waals surface area contributed by atoms with Crippen LogP contribution in [-0.2, 0) is 0 Å². The van der Waals surface area contributed by atoms with Crippen molar-refractivity contribution < 1.29 is 4.74 Å². The van der Waals surface area contributed by atoms with Crippen LogP contribution in [0, 0.1) is 5.92 Å². The van der Waals surface area contributed by atoms with Crippen LogP contribution in [0.3, 0.4) is 0 Å². The van der Waals surface area contributed by atoms with Gasteiger partial charge in [-0.25, -0.2) is 0 Å². The molecule has 0 bridgehead atoms. The van der Waals surface area contributed by atoms with Crippen molar-refractivity contribution in [2.24, 2.45) is 5.92 Å². The molecule has 3 heteroatoms. The quantitative estimate of drug-likeness (QED) is 0.760. The van der Waals surface area contributed by atoms with Crippen LogP contribution in [-0.4, -0.2) is 31.1 Å². The van der Waals surface area contributed by atoms with E-state index in [1.165, 1.54) is 13.1 Å². The van der Waals surface area contributed by atoms with Gasteiger partial charge in [0.2, 0.25) is 0 Å². The second-order valence-electron chi connectivity index (χ2n) is 4.25. The van der Waals surface area contributed by atoms with E-state index in [2.05, 4.69) is 11.8 Å². The highest BCUT2D eigenvalue weighted by Gasteiger charge is 2.21. The van der Waals surface area contributed by atoms with Gasteiger partial charge in [-0.1, -0.05) is 19.1 Å². The Balaban J connectivity index is 1.72. The molecule has 1 saturated heterocycles. The summed E-state index contributed by atoms with van der Waals surface area (Å²) < 4.78 is 5.61. The fraction of sp³-hybridized carbons (Fsp3) is 0.500. The number of benzene rings is 1. The predicted octanol–water partition coefficient (Wildman–Crippen LogP) is 1.60. The average Bonchev–Trinajstić information content (AvgIpc) is 2.18. The van der Waals surface area contributed by atoms with Crippen LogP contribution in [0.2, 0.25) is 0 Å². The molecule has 0 atom stereocenters. The number of nitrogen functional groups attached to an aromatic ring is 1. The number of rotatable bonds is 4. The van der Waals surface area contributed by atoms with E-state index in [1.807, 2.05) is 24.3 Å². The standard InChI is InChI=1S/C12H18N2O/c1-10-8-14(9-10)6-7-15-12-5-3-2-4-11(12)13/h2-5,10H,6-9,13H2,1H3. The predicted molar refractivity (Wildman–Crippen MR) is 62.0 cm³/mol. The second-order valence-corrected chi connectivity index (χ2v) is 4.25. The maximum absolute atomic E-state index is 5.77. The fourth-order valence-corrected chi connectivity index (χ4v) is 1.91. The van der Waals surface area contributed by atoms with Gasteiger partial charge in [0.15, 0.2) is 0 Å². The fourth-order valence-electron chi connectivity index (χ4n) is 1.91. The van der Waals surface area contributed by atoms with Gasteiger partial charge in [-0.3, -0.25) is 4.90 Å². The van der Waals surface area contributed by atoms with Gasteiger partial charge < -0.3 is 10.5 Å². The Morgan fingerprint density at radius 1 is 1.40 bits per heavy atom. The summed E-state index contributed by atoms with van der Waals surface area (Å²) in [6.07, 6.45) is 0. The molecule has 2 N–H and O–H groups in total. The first-order chi connectivity index (χ1) is 7.25. The molecule has 0 unspecified atom stereocenters. The van der Waals surface area contributed by atoms with E-state index in [9.17, 15) is 0 Å². The van der Waals surface area contributed by atoms with Crippen LogP contribution in [0.25, 0.3) is 0 Å². The zero-order valence-corrected chi connectivity index (χ0v) is 9.15. The zero-order valence-electron chi connectivity index (χ0n) is 9.15. The molecule has 0 spiro atoms. The summed E-state index contributed by atoms with van der Waals surface area (Å²) >= 11 is 0. The summed E-state index contributed by atoms with van der Waals surface area (Å²) in [7, 11) is 0. The average molecular weight is 206 g/mol. The van der Waals surface area contributed by atoms with Gasteiger partial charge in [-0.2, -0.15) is 0 Å².